The monoisotopic (exact) mass is 231 g/mol. The molecule has 3 atom stereocenters. The summed E-state index contributed by atoms with van der Waals surface area (Å²) in [6.45, 7) is 4.09. The number of rotatable bonds is 3. The fraction of sp³-hybridized carbons (Fsp3) is 0.600. The van der Waals surface area contributed by atoms with Gasteiger partial charge in [0.1, 0.15) is 0 Å². The van der Waals surface area contributed by atoms with Crippen LogP contribution in [0.2, 0.25) is 0 Å². The molecule has 3 unspecified atom stereocenters. The van der Waals surface area contributed by atoms with E-state index >= 15 is 0 Å². The molecule has 2 heteroatoms. The van der Waals surface area contributed by atoms with E-state index < -0.39 is 0 Å². The first-order valence-electron chi connectivity index (χ1n) is 6.71. The lowest BCUT2D eigenvalue weighted by Crippen LogP contribution is -2.35. The van der Waals surface area contributed by atoms with Crippen molar-refractivity contribution in [2.24, 2.45) is 5.92 Å². The zero-order valence-electron chi connectivity index (χ0n) is 10.5. The molecular weight excluding hydrogens is 210 g/mol. The summed E-state index contributed by atoms with van der Waals surface area (Å²) >= 11 is 0. The van der Waals surface area contributed by atoms with Crippen molar-refractivity contribution in [3.63, 3.8) is 0 Å². The molecule has 3 rings (SSSR count). The Morgan fingerprint density at radius 1 is 1.29 bits per heavy atom. The van der Waals surface area contributed by atoms with E-state index in [9.17, 15) is 5.11 Å². The van der Waals surface area contributed by atoms with Gasteiger partial charge in [-0.15, -0.1) is 0 Å². The molecule has 0 radical (unpaired) electrons. The number of fused-ring (bicyclic) bond motifs is 2. The van der Waals surface area contributed by atoms with Gasteiger partial charge < -0.3 is 5.11 Å². The van der Waals surface area contributed by atoms with Crippen LogP contribution in [0, 0.1) is 12.8 Å². The quantitative estimate of drug-likeness (QED) is 0.864. The molecule has 1 aromatic rings. The van der Waals surface area contributed by atoms with Crippen LogP contribution in [-0.2, 0) is 0 Å². The SMILES string of the molecule is Cc1ccc(C(O)CN2CC3CCC2C3)cc1. The molecule has 2 aliphatic rings. The van der Waals surface area contributed by atoms with Gasteiger partial charge in [-0.2, -0.15) is 0 Å². The third-order valence-electron chi connectivity index (χ3n) is 4.39. The van der Waals surface area contributed by atoms with E-state index in [0.717, 1.165) is 24.1 Å². The number of hydrogen-bond acceptors (Lipinski definition) is 2. The van der Waals surface area contributed by atoms with Gasteiger partial charge in [-0.05, 0) is 37.7 Å². The lowest BCUT2D eigenvalue weighted by atomic mass is 10.1. The number of aliphatic hydroxyl groups excluding tert-OH is 1. The minimum atomic E-state index is -0.324. The molecule has 1 aromatic carbocycles. The standard InChI is InChI=1S/C15H21NO/c1-11-2-5-13(6-3-11)15(17)10-16-9-12-4-7-14(16)8-12/h2-3,5-6,12,14-15,17H,4,7-10H2,1H3. The van der Waals surface area contributed by atoms with Gasteiger partial charge in [-0.25, -0.2) is 0 Å². The van der Waals surface area contributed by atoms with E-state index in [2.05, 4.69) is 24.0 Å². The second-order valence-corrected chi connectivity index (χ2v) is 5.71. The Labute approximate surface area is 103 Å². The maximum atomic E-state index is 10.3. The van der Waals surface area contributed by atoms with Gasteiger partial charge in [0.15, 0.2) is 0 Å². The molecule has 92 valence electrons. The summed E-state index contributed by atoms with van der Waals surface area (Å²) in [5, 5.41) is 10.3. The minimum absolute atomic E-state index is 0.324. The van der Waals surface area contributed by atoms with E-state index in [4.69, 9.17) is 0 Å². The Balaban J connectivity index is 1.63. The van der Waals surface area contributed by atoms with Crippen LogP contribution in [0.15, 0.2) is 24.3 Å². The van der Waals surface area contributed by atoms with Crippen molar-refractivity contribution in [3.8, 4) is 0 Å². The van der Waals surface area contributed by atoms with Crippen LogP contribution in [0.25, 0.3) is 0 Å². The van der Waals surface area contributed by atoms with Crippen LogP contribution in [0.4, 0.5) is 0 Å². The zero-order valence-corrected chi connectivity index (χ0v) is 10.5. The number of β-amino-alcohol motifs (C(OH)–C–C–N with tert-alkyl or cyclic N) is 1. The number of aryl methyl sites for hydroxylation is 1. The summed E-state index contributed by atoms with van der Waals surface area (Å²) in [7, 11) is 0. The van der Waals surface area contributed by atoms with Gasteiger partial charge in [-0.1, -0.05) is 29.8 Å². The first-order chi connectivity index (χ1) is 8.22. The Bertz CT molecular complexity index is 386. The van der Waals surface area contributed by atoms with Gasteiger partial charge in [0, 0.05) is 19.1 Å². The number of aliphatic hydroxyl groups is 1. The molecule has 2 bridgehead atoms. The van der Waals surface area contributed by atoms with Crippen molar-refractivity contribution in [1.82, 2.24) is 4.90 Å². The van der Waals surface area contributed by atoms with E-state index in [-0.39, 0.29) is 6.10 Å². The van der Waals surface area contributed by atoms with Gasteiger partial charge in [0.25, 0.3) is 0 Å². The molecule has 0 amide bonds. The molecule has 17 heavy (non-hydrogen) atoms. The maximum Gasteiger partial charge on any atom is 0.0917 e. The number of piperidine rings is 1. The average molecular weight is 231 g/mol. The van der Waals surface area contributed by atoms with Crippen molar-refractivity contribution < 1.29 is 5.11 Å². The van der Waals surface area contributed by atoms with E-state index in [1.807, 2.05) is 12.1 Å². The smallest absolute Gasteiger partial charge is 0.0917 e. The fourth-order valence-corrected chi connectivity index (χ4v) is 3.37. The zero-order chi connectivity index (χ0) is 11.8. The molecule has 1 saturated carbocycles. The summed E-state index contributed by atoms with van der Waals surface area (Å²) < 4.78 is 0. The van der Waals surface area contributed by atoms with Gasteiger partial charge in [0.2, 0.25) is 0 Å². The van der Waals surface area contributed by atoms with Gasteiger partial charge in [-0.3, -0.25) is 4.90 Å². The van der Waals surface area contributed by atoms with Crippen molar-refractivity contribution in [3.05, 3.63) is 35.4 Å². The molecule has 1 heterocycles. The summed E-state index contributed by atoms with van der Waals surface area (Å²) in [6, 6.07) is 9.01. The van der Waals surface area contributed by atoms with Crippen LogP contribution in [-0.4, -0.2) is 29.1 Å². The first-order valence-corrected chi connectivity index (χ1v) is 6.71. The predicted molar refractivity (Wildman–Crippen MR) is 68.8 cm³/mol. The second kappa shape index (κ2) is 4.43. The fourth-order valence-electron chi connectivity index (χ4n) is 3.37. The molecule has 1 N–H and O–H groups in total. The lowest BCUT2D eigenvalue weighted by Gasteiger charge is -2.28. The Morgan fingerprint density at radius 3 is 2.65 bits per heavy atom. The summed E-state index contributed by atoms with van der Waals surface area (Å²) in [6.07, 6.45) is 3.78. The lowest BCUT2D eigenvalue weighted by molar-refractivity contribution is 0.0947. The average Bonchev–Trinajstić information content (AvgIpc) is 2.91. The van der Waals surface area contributed by atoms with E-state index in [1.165, 1.54) is 31.4 Å². The number of nitrogens with zero attached hydrogens (tertiary/aromatic N) is 1. The van der Waals surface area contributed by atoms with Gasteiger partial charge in [0.05, 0.1) is 6.10 Å². The highest BCUT2D eigenvalue weighted by molar-refractivity contribution is 5.23. The third-order valence-corrected chi connectivity index (χ3v) is 4.39. The van der Waals surface area contributed by atoms with Crippen LogP contribution in [0.3, 0.4) is 0 Å². The van der Waals surface area contributed by atoms with Crippen molar-refractivity contribution >= 4 is 0 Å². The molecule has 1 saturated heterocycles. The Hall–Kier alpha value is -0.860. The number of benzene rings is 1. The van der Waals surface area contributed by atoms with Crippen LogP contribution in [0.5, 0.6) is 0 Å². The molecule has 0 aromatic heterocycles. The van der Waals surface area contributed by atoms with Crippen LogP contribution >= 0.6 is 0 Å². The normalized spacial score (nSPS) is 29.8. The molecule has 0 spiro atoms. The van der Waals surface area contributed by atoms with E-state index in [0.29, 0.717) is 0 Å². The highest BCUT2D eigenvalue weighted by Gasteiger charge is 2.38. The summed E-state index contributed by atoms with van der Waals surface area (Å²) in [4.78, 5) is 2.48. The Kier molecular flexibility index (Phi) is 2.93. The topological polar surface area (TPSA) is 23.5 Å². The van der Waals surface area contributed by atoms with Gasteiger partial charge >= 0.3 is 0 Å². The van der Waals surface area contributed by atoms with Crippen molar-refractivity contribution in [2.75, 3.05) is 13.1 Å². The van der Waals surface area contributed by atoms with Crippen molar-refractivity contribution in [1.29, 1.82) is 0 Å². The number of hydrogen-bond donors (Lipinski definition) is 1. The third kappa shape index (κ3) is 2.24. The molecule has 1 aliphatic heterocycles. The summed E-state index contributed by atoms with van der Waals surface area (Å²) in [5.41, 5.74) is 2.31. The number of likely N-dealkylation sites (tertiary alicyclic amines) is 1. The molecule has 2 nitrogen and oxygen atoms in total. The highest BCUT2D eigenvalue weighted by atomic mass is 16.3. The predicted octanol–water partition coefficient (Wildman–Crippen LogP) is 2.51. The first kappa shape index (κ1) is 11.2. The second-order valence-electron chi connectivity index (χ2n) is 5.71. The molecule has 1 aliphatic carbocycles. The Morgan fingerprint density at radius 2 is 2.06 bits per heavy atom. The van der Waals surface area contributed by atoms with Crippen LogP contribution < -0.4 is 0 Å². The van der Waals surface area contributed by atoms with Crippen molar-refractivity contribution in [2.45, 2.75) is 38.3 Å². The maximum absolute atomic E-state index is 10.3. The minimum Gasteiger partial charge on any atom is -0.387 e. The van der Waals surface area contributed by atoms with E-state index in [1.54, 1.807) is 0 Å². The highest BCUT2D eigenvalue weighted by Crippen LogP contribution is 2.38. The molecule has 2 fully saturated rings. The largest absolute Gasteiger partial charge is 0.387 e. The van der Waals surface area contributed by atoms with Crippen LogP contribution in [0.1, 0.15) is 36.5 Å². The summed E-state index contributed by atoms with van der Waals surface area (Å²) in [5.74, 6) is 0.908. The molecular formula is C15H21NO.